The molecule has 1 N–H and O–H groups in total. The van der Waals surface area contributed by atoms with Crippen molar-refractivity contribution in [2.75, 3.05) is 0 Å². The predicted molar refractivity (Wildman–Crippen MR) is 136 cm³/mol. The first kappa shape index (κ1) is 23.7. The Hall–Kier alpha value is -2.99. The maximum Gasteiger partial charge on any atom is 0.307 e. The molecule has 5 nitrogen and oxygen atoms in total. The first-order valence-electron chi connectivity index (χ1n) is 11.1. The van der Waals surface area contributed by atoms with Crippen molar-refractivity contribution >= 4 is 40.8 Å². The zero-order valence-electron chi connectivity index (χ0n) is 18.4. The number of carbonyl (C=O) groups is 1. The molecule has 1 aromatic heterocycles. The number of ether oxygens (including phenoxy) is 1. The lowest BCUT2D eigenvalue weighted by Crippen LogP contribution is -2.00. The Morgan fingerprint density at radius 2 is 1.71 bits per heavy atom. The number of rotatable bonds is 8. The van der Waals surface area contributed by atoms with Crippen LogP contribution in [0.2, 0.25) is 15.1 Å². The van der Waals surface area contributed by atoms with Crippen molar-refractivity contribution in [2.45, 2.75) is 31.8 Å². The third-order valence-electron chi connectivity index (χ3n) is 5.91. The highest BCUT2D eigenvalue weighted by atomic mass is 35.5. The highest BCUT2D eigenvalue weighted by Crippen LogP contribution is 2.46. The Balaban J connectivity index is 1.38. The van der Waals surface area contributed by atoms with Crippen LogP contribution < -0.4 is 4.74 Å². The van der Waals surface area contributed by atoms with Crippen molar-refractivity contribution in [1.29, 1.82) is 0 Å². The van der Waals surface area contributed by atoms with Crippen LogP contribution in [0.4, 0.5) is 0 Å². The molecule has 0 spiro atoms. The van der Waals surface area contributed by atoms with Gasteiger partial charge in [0.25, 0.3) is 0 Å². The van der Waals surface area contributed by atoms with Gasteiger partial charge in [0, 0.05) is 17.0 Å². The number of nitrogens with zero attached hydrogens (tertiary/aromatic N) is 1. The van der Waals surface area contributed by atoms with Crippen molar-refractivity contribution in [2.24, 2.45) is 0 Å². The van der Waals surface area contributed by atoms with E-state index in [-0.39, 0.29) is 13.0 Å². The van der Waals surface area contributed by atoms with Crippen LogP contribution in [0.15, 0.2) is 65.2 Å². The number of carboxylic acids is 1. The minimum atomic E-state index is -0.866. The van der Waals surface area contributed by atoms with E-state index in [0.717, 1.165) is 40.9 Å². The summed E-state index contributed by atoms with van der Waals surface area (Å²) in [5.41, 5.74) is 4.50. The van der Waals surface area contributed by atoms with Crippen LogP contribution in [-0.4, -0.2) is 16.2 Å². The predicted octanol–water partition coefficient (Wildman–Crippen LogP) is 8.05. The Morgan fingerprint density at radius 1 is 1.00 bits per heavy atom. The van der Waals surface area contributed by atoms with E-state index in [9.17, 15) is 4.79 Å². The molecule has 178 valence electrons. The van der Waals surface area contributed by atoms with Gasteiger partial charge in [-0.25, -0.2) is 0 Å². The van der Waals surface area contributed by atoms with Gasteiger partial charge < -0.3 is 14.4 Å². The lowest BCUT2D eigenvalue weighted by Gasteiger charge is -2.11. The van der Waals surface area contributed by atoms with E-state index in [1.54, 1.807) is 36.4 Å². The molecule has 1 aliphatic carbocycles. The normalized spacial score (nSPS) is 13.1. The smallest absolute Gasteiger partial charge is 0.307 e. The lowest BCUT2D eigenvalue weighted by atomic mass is 10.0. The topological polar surface area (TPSA) is 72.6 Å². The molecular formula is C27H20Cl3NO4. The van der Waals surface area contributed by atoms with Crippen molar-refractivity contribution in [3.63, 3.8) is 0 Å². The average molecular weight is 529 g/mol. The fourth-order valence-corrected chi connectivity index (χ4v) is 4.86. The van der Waals surface area contributed by atoms with Gasteiger partial charge in [-0.3, -0.25) is 4.79 Å². The molecule has 0 atom stereocenters. The minimum absolute atomic E-state index is 0.0199. The molecule has 1 fully saturated rings. The van der Waals surface area contributed by atoms with E-state index in [0.29, 0.717) is 38.0 Å². The third kappa shape index (κ3) is 5.18. The molecule has 1 heterocycles. The zero-order chi connectivity index (χ0) is 24.5. The molecule has 0 aliphatic heterocycles. The quantitative estimate of drug-likeness (QED) is 0.250. The number of hydrogen-bond acceptors (Lipinski definition) is 4. The molecule has 3 aromatic carbocycles. The standard InChI is InChI=1S/C27H20Cl3NO4/c28-21-2-1-3-22(29)25(21)26-20(27(35-31-26)17-8-9-17)14-34-18-10-11-19(23(30)13-18)16-6-4-15(5-7-16)12-24(32)33/h1-7,10-11,13,17H,8-9,12,14H2,(H,32,33). The van der Waals surface area contributed by atoms with Crippen LogP contribution in [0, 0.1) is 0 Å². The van der Waals surface area contributed by atoms with Gasteiger partial charge in [0.15, 0.2) is 0 Å². The molecular weight excluding hydrogens is 509 g/mol. The largest absolute Gasteiger partial charge is 0.489 e. The van der Waals surface area contributed by atoms with Crippen molar-refractivity contribution in [1.82, 2.24) is 5.16 Å². The Kier molecular flexibility index (Phi) is 6.74. The van der Waals surface area contributed by atoms with Gasteiger partial charge in [-0.1, -0.05) is 70.3 Å². The molecule has 1 aliphatic rings. The molecule has 8 heteroatoms. The summed E-state index contributed by atoms with van der Waals surface area (Å²) in [7, 11) is 0. The second-order valence-corrected chi connectivity index (χ2v) is 9.66. The molecule has 0 amide bonds. The fraction of sp³-hybridized carbons (Fsp3) is 0.185. The minimum Gasteiger partial charge on any atom is -0.489 e. The summed E-state index contributed by atoms with van der Waals surface area (Å²) in [5, 5.41) is 14.8. The maximum absolute atomic E-state index is 10.9. The van der Waals surface area contributed by atoms with Gasteiger partial charge in [0.05, 0.1) is 27.1 Å². The number of carboxylic acid groups (broad SMARTS) is 1. The molecule has 5 rings (SSSR count). The van der Waals surface area contributed by atoms with Gasteiger partial charge in [0.1, 0.15) is 23.8 Å². The monoisotopic (exact) mass is 527 g/mol. The van der Waals surface area contributed by atoms with E-state index in [4.69, 9.17) is 49.2 Å². The molecule has 0 unspecified atom stereocenters. The van der Waals surface area contributed by atoms with E-state index >= 15 is 0 Å². The van der Waals surface area contributed by atoms with Gasteiger partial charge in [-0.2, -0.15) is 0 Å². The van der Waals surface area contributed by atoms with E-state index in [1.165, 1.54) is 0 Å². The van der Waals surface area contributed by atoms with E-state index in [1.807, 2.05) is 24.3 Å². The van der Waals surface area contributed by atoms with Crippen molar-refractivity contribution in [3.8, 4) is 28.1 Å². The molecule has 0 radical (unpaired) electrons. The van der Waals surface area contributed by atoms with Crippen molar-refractivity contribution in [3.05, 3.63) is 92.6 Å². The summed E-state index contributed by atoms with van der Waals surface area (Å²) in [4.78, 5) is 10.9. The van der Waals surface area contributed by atoms with Crippen LogP contribution in [0.1, 0.15) is 35.6 Å². The van der Waals surface area contributed by atoms with E-state index in [2.05, 4.69) is 5.16 Å². The molecule has 0 bridgehead atoms. The lowest BCUT2D eigenvalue weighted by molar-refractivity contribution is -0.136. The highest BCUT2D eigenvalue weighted by molar-refractivity contribution is 6.39. The van der Waals surface area contributed by atoms with Crippen LogP contribution in [-0.2, 0) is 17.8 Å². The second kappa shape index (κ2) is 9.94. The number of aromatic nitrogens is 1. The molecule has 1 saturated carbocycles. The summed E-state index contributed by atoms with van der Waals surface area (Å²) in [6.07, 6.45) is 2.07. The van der Waals surface area contributed by atoms with Gasteiger partial charge in [-0.05, 0) is 54.3 Å². The second-order valence-electron chi connectivity index (χ2n) is 8.44. The summed E-state index contributed by atoms with van der Waals surface area (Å²) in [6, 6.07) is 18.1. The Morgan fingerprint density at radius 3 is 2.34 bits per heavy atom. The number of halogens is 3. The van der Waals surface area contributed by atoms with Crippen LogP contribution in [0.25, 0.3) is 22.4 Å². The van der Waals surface area contributed by atoms with Crippen LogP contribution in [0.3, 0.4) is 0 Å². The maximum atomic E-state index is 10.9. The molecule has 0 saturated heterocycles. The SMILES string of the molecule is O=C(O)Cc1ccc(-c2ccc(OCc3c(-c4c(Cl)cccc4Cl)noc3C3CC3)cc2Cl)cc1. The van der Waals surface area contributed by atoms with Gasteiger partial charge in [0.2, 0.25) is 0 Å². The summed E-state index contributed by atoms with van der Waals surface area (Å²) < 4.78 is 11.8. The number of benzene rings is 3. The number of aliphatic carboxylic acids is 1. The zero-order valence-corrected chi connectivity index (χ0v) is 20.7. The number of hydrogen-bond donors (Lipinski definition) is 1. The Labute approximate surface area is 217 Å². The fourth-order valence-electron chi connectivity index (χ4n) is 4.00. The highest BCUT2D eigenvalue weighted by Gasteiger charge is 2.33. The Bertz CT molecular complexity index is 1370. The molecule has 4 aromatic rings. The summed E-state index contributed by atoms with van der Waals surface area (Å²) in [5.74, 6) is 0.863. The average Bonchev–Trinajstić information content (AvgIpc) is 3.58. The summed E-state index contributed by atoms with van der Waals surface area (Å²) >= 11 is 19.4. The first-order valence-corrected chi connectivity index (χ1v) is 12.2. The summed E-state index contributed by atoms with van der Waals surface area (Å²) in [6.45, 7) is 0.228. The van der Waals surface area contributed by atoms with E-state index < -0.39 is 5.97 Å². The third-order valence-corrected chi connectivity index (χ3v) is 6.85. The van der Waals surface area contributed by atoms with Gasteiger partial charge in [-0.15, -0.1) is 0 Å². The van der Waals surface area contributed by atoms with Crippen LogP contribution >= 0.6 is 34.8 Å². The first-order chi connectivity index (χ1) is 16.9. The van der Waals surface area contributed by atoms with Crippen LogP contribution in [0.5, 0.6) is 5.75 Å². The van der Waals surface area contributed by atoms with Crippen molar-refractivity contribution < 1.29 is 19.2 Å². The van der Waals surface area contributed by atoms with Gasteiger partial charge >= 0.3 is 5.97 Å². The molecule has 35 heavy (non-hydrogen) atoms.